The van der Waals surface area contributed by atoms with E-state index in [1.165, 1.54) is 0 Å². The molecule has 0 aromatic rings. The molecule has 2 saturated carbocycles. The fourth-order valence-corrected chi connectivity index (χ4v) is 6.04. The van der Waals surface area contributed by atoms with E-state index < -0.39 is 68.4 Å². The first-order valence-electron chi connectivity index (χ1n) is 9.34. The normalized spacial score (nSPS) is 37.8. The minimum absolute atomic E-state index is 0.0398. The third-order valence-electron chi connectivity index (χ3n) is 7.43. The van der Waals surface area contributed by atoms with E-state index in [2.05, 4.69) is 5.18 Å². The molecule has 7 nitrogen and oxygen atoms in total. The Morgan fingerprint density at radius 1 is 1.26 bits per heavy atom. The quantitative estimate of drug-likeness (QED) is 0.441. The molecule has 0 aromatic heterocycles. The van der Waals surface area contributed by atoms with Crippen molar-refractivity contribution >= 4 is 17.3 Å². The Labute approximate surface area is 158 Å². The predicted octanol–water partition coefficient (Wildman–Crippen LogP) is 2.50. The van der Waals surface area contributed by atoms with Gasteiger partial charge in [-0.2, -0.15) is 4.91 Å². The van der Waals surface area contributed by atoms with Crippen molar-refractivity contribution in [2.75, 3.05) is 0 Å². The molecule has 1 spiro atoms. The summed E-state index contributed by atoms with van der Waals surface area (Å²) < 4.78 is 0. The van der Waals surface area contributed by atoms with Gasteiger partial charge in [0.15, 0.2) is 17.2 Å². The van der Waals surface area contributed by atoms with Gasteiger partial charge in [-0.15, -0.1) is 0 Å². The van der Waals surface area contributed by atoms with Gasteiger partial charge in [-0.25, -0.2) is 0 Å². The molecule has 0 aromatic carbocycles. The Morgan fingerprint density at radius 2 is 1.81 bits per heavy atom. The second kappa shape index (κ2) is 5.34. The summed E-state index contributed by atoms with van der Waals surface area (Å²) in [6.07, 6.45) is -0.0496. The van der Waals surface area contributed by atoms with Crippen molar-refractivity contribution in [1.82, 2.24) is 0 Å². The van der Waals surface area contributed by atoms with Gasteiger partial charge in [0.2, 0.25) is 5.78 Å². The van der Waals surface area contributed by atoms with E-state index in [9.17, 15) is 29.5 Å². The van der Waals surface area contributed by atoms with Crippen LogP contribution in [0.1, 0.15) is 54.4 Å². The van der Waals surface area contributed by atoms with Crippen molar-refractivity contribution in [1.29, 1.82) is 0 Å². The highest BCUT2D eigenvalue weighted by Gasteiger charge is 2.82. The summed E-state index contributed by atoms with van der Waals surface area (Å²) in [7, 11) is 0. The number of aliphatic hydroxyl groups is 2. The first-order valence-corrected chi connectivity index (χ1v) is 9.34. The third kappa shape index (κ3) is 1.98. The molecule has 7 heteroatoms. The summed E-state index contributed by atoms with van der Waals surface area (Å²) in [6.45, 7) is 10.2. The lowest BCUT2D eigenvalue weighted by molar-refractivity contribution is -0.154. The van der Waals surface area contributed by atoms with E-state index >= 15 is 0 Å². The molecule has 2 fully saturated rings. The van der Waals surface area contributed by atoms with Crippen LogP contribution in [0.3, 0.4) is 0 Å². The number of nitroso groups, excluding NO2 is 1. The van der Waals surface area contributed by atoms with E-state index in [-0.39, 0.29) is 12.8 Å². The van der Waals surface area contributed by atoms with Crippen LogP contribution >= 0.6 is 0 Å². The fourth-order valence-electron chi connectivity index (χ4n) is 6.04. The molecule has 3 rings (SSSR count). The second-order valence-electron chi connectivity index (χ2n) is 9.76. The molecule has 4 atom stereocenters. The molecule has 3 aliphatic carbocycles. The molecular formula is C20H27NO6. The monoisotopic (exact) mass is 377 g/mol. The molecule has 3 aliphatic rings. The zero-order valence-corrected chi connectivity index (χ0v) is 16.6. The fraction of sp³-hybridized carbons (Fsp3) is 0.750. The Morgan fingerprint density at radius 3 is 2.30 bits per heavy atom. The summed E-state index contributed by atoms with van der Waals surface area (Å²) in [4.78, 5) is 49.9. The predicted molar refractivity (Wildman–Crippen MR) is 96.8 cm³/mol. The van der Waals surface area contributed by atoms with Crippen LogP contribution < -0.4 is 0 Å². The number of hydrogen-bond acceptors (Lipinski definition) is 7. The number of carbonyl (C=O) groups excluding carboxylic acids is 3. The van der Waals surface area contributed by atoms with Crippen molar-refractivity contribution in [2.24, 2.45) is 33.8 Å². The smallest absolute Gasteiger partial charge is 0.210 e. The maximum atomic E-state index is 13.1. The van der Waals surface area contributed by atoms with Gasteiger partial charge in [-0.1, -0.05) is 32.9 Å². The van der Waals surface area contributed by atoms with Gasteiger partial charge in [0.1, 0.15) is 16.9 Å². The molecular weight excluding hydrogens is 350 g/mol. The van der Waals surface area contributed by atoms with E-state index in [1.54, 1.807) is 27.7 Å². The number of Topliss-reactive ketones (excluding diaryl/α,β-unsaturated/α-hetero) is 3. The zero-order valence-electron chi connectivity index (χ0n) is 16.6. The second-order valence-corrected chi connectivity index (χ2v) is 9.76. The Balaban J connectivity index is 2.30. The summed E-state index contributed by atoms with van der Waals surface area (Å²) in [5.41, 5.74) is -6.18. The van der Waals surface area contributed by atoms with Crippen molar-refractivity contribution in [3.63, 3.8) is 0 Å². The van der Waals surface area contributed by atoms with Crippen LogP contribution in [0.4, 0.5) is 0 Å². The van der Waals surface area contributed by atoms with Crippen molar-refractivity contribution < 1.29 is 24.6 Å². The Kier molecular flexibility index (Phi) is 3.93. The molecule has 0 radical (unpaired) electrons. The third-order valence-corrected chi connectivity index (χ3v) is 7.43. The maximum Gasteiger partial charge on any atom is 0.210 e. The lowest BCUT2D eigenvalue weighted by Gasteiger charge is -2.38. The van der Waals surface area contributed by atoms with Crippen LogP contribution in [0.2, 0.25) is 0 Å². The standard InChI is InChI=1S/C20H27NO6/c1-9(2)14(23)13-15(24)19-8-11(18(5,6)21-27)17(3,4)10(19)7-12(22)20(19,26)16(13)25/h9-11,24,26H,7-8H2,1-6H3/t10?,11?,19?,20-/m1/s1. The Hall–Kier alpha value is -1.89. The highest BCUT2D eigenvalue weighted by Crippen LogP contribution is 2.73. The van der Waals surface area contributed by atoms with Crippen LogP contribution in [0.25, 0.3) is 0 Å². The maximum absolute atomic E-state index is 13.1. The number of aliphatic hydroxyl groups excluding tert-OH is 1. The Bertz CT molecular complexity index is 807. The van der Waals surface area contributed by atoms with Crippen LogP contribution in [0, 0.1) is 33.5 Å². The van der Waals surface area contributed by atoms with Gasteiger partial charge in [-0.3, -0.25) is 14.4 Å². The van der Waals surface area contributed by atoms with Gasteiger partial charge >= 0.3 is 0 Å². The molecule has 0 heterocycles. The SMILES string of the molecule is CC(C)C(=O)C1=C(O)C23CC(C(C)(C)N=O)C(C)(C)C2CC(=O)[C@@]3(O)C1=O. The molecule has 27 heavy (non-hydrogen) atoms. The van der Waals surface area contributed by atoms with Crippen LogP contribution in [0.5, 0.6) is 0 Å². The summed E-state index contributed by atoms with van der Waals surface area (Å²) >= 11 is 0. The van der Waals surface area contributed by atoms with Crippen molar-refractivity contribution in [3.05, 3.63) is 16.2 Å². The first-order chi connectivity index (χ1) is 12.2. The average Bonchev–Trinajstić information content (AvgIpc) is 3.03. The largest absolute Gasteiger partial charge is 0.511 e. The summed E-state index contributed by atoms with van der Waals surface area (Å²) in [5, 5.41) is 25.7. The molecule has 0 amide bonds. The van der Waals surface area contributed by atoms with Gasteiger partial charge in [0.05, 0.1) is 5.41 Å². The topological polar surface area (TPSA) is 121 Å². The van der Waals surface area contributed by atoms with Crippen LogP contribution in [-0.2, 0) is 14.4 Å². The highest BCUT2D eigenvalue weighted by atomic mass is 16.3. The van der Waals surface area contributed by atoms with Gasteiger partial charge in [0, 0.05) is 12.3 Å². The van der Waals surface area contributed by atoms with Gasteiger partial charge in [-0.05, 0) is 37.5 Å². The van der Waals surface area contributed by atoms with Crippen molar-refractivity contribution in [2.45, 2.75) is 65.5 Å². The molecule has 0 aliphatic heterocycles. The number of nitrogens with zero attached hydrogens (tertiary/aromatic N) is 1. The zero-order chi connectivity index (χ0) is 20.7. The van der Waals surface area contributed by atoms with Gasteiger partial charge in [0.25, 0.3) is 0 Å². The van der Waals surface area contributed by atoms with E-state index in [0.717, 1.165) is 0 Å². The molecule has 148 valence electrons. The highest BCUT2D eigenvalue weighted by molar-refractivity contribution is 6.33. The summed E-state index contributed by atoms with van der Waals surface area (Å²) in [6, 6.07) is 0. The minimum atomic E-state index is -2.45. The number of hydrogen-bond donors (Lipinski definition) is 2. The number of rotatable bonds is 4. The van der Waals surface area contributed by atoms with Crippen LogP contribution in [-0.4, -0.2) is 38.7 Å². The van der Waals surface area contributed by atoms with Crippen molar-refractivity contribution in [3.8, 4) is 0 Å². The lowest BCUT2D eigenvalue weighted by Crippen LogP contribution is -2.53. The van der Waals surface area contributed by atoms with Crippen LogP contribution in [0.15, 0.2) is 16.5 Å². The first kappa shape index (κ1) is 19.9. The van der Waals surface area contributed by atoms with E-state index in [4.69, 9.17) is 0 Å². The molecule has 2 N–H and O–H groups in total. The van der Waals surface area contributed by atoms with Gasteiger partial charge < -0.3 is 10.2 Å². The average molecular weight is 377 g/mol. The number of carbonyl (C=O) groups is 3. The lowest BCUT2D eigenvalue weighted by atomic mass is 9.66. The summed E-state index contributed by atoms with van der Waals surface area (Å²) in [5.74, 6) is -4.28. The number of ketones is 3. The molecule has 0 bridgehead atoms. The minimum Gasteiger partial charge on any atom is -0.511 e. The molecule has 3 unspecified atom stereocenters. The van der Waals surface area contributed by atoms with E-state index in [1.807, 2.05) is 13.8 Å². The molecule has 0 saturated heterocycles. The van der Waals surface area contributed by atoms with E-state index in [0.29, 0.717) is 0 Å².